The van der Waals surface area contributed by atoms with Crippen LogP contribution in [0.2, 0.25) is 0 Å². The highest BCUT2D eigenvalue weighted by Crippen LogP contribution is 2.40. The maximum Gasteiger partial charge on any atom is 0.143 e. The van der Waals surface area contributed by atoms with Crippen LogP contribution in [0.4, 0.5) is 0 Å². The van der Waals surface area contributed by atoms with Crippen molar-refractivity contribution in [3.63, 3.8) is 0 Å². The molecule has 7 nitrogen and oxygen atoms in total. The van der Waals surface area contributed by atoms with E-state index in [4.69, 9.17) is 15.3 Å². The summed E-state index contributed by atoms with van der Waals surface area (Å²) in [5.41, 5.74) is 2.84. The predicted octanol–water partition coefficient (Wildman–Crippen LogP) is 0.285. The lowest BCUT2D eigenvalue weighted by Crippen LogP contribution is -2.48. The van der Waals surface area contributed by atoms with Crippen LogP contribution in [0.1, 0.15) is 37.5 Å². The Hall–Kier alpha value is -1.02. The van der Waals surface area contributed by atoms with Gasteiger partial charge in [-0.2, -0.15) is 5.10 Å². The summed E-state index contributed by atoms with van der Waals surface area (Å²) in [7, 11) is 0. The Bertz CT molecular complexity index is 385. The highest BCUT2D eigenvalue weighted by Gasteiger charge is 2.41. The summed E-state index contributed by atoms with van der Waals surface area (Å²) < 4.78 is 11.5. The first-order valence-electron chi connectivity index (χ1n) is 6.86. The second kappa shape index (κ2) is 5.54. The molecule has 0 bridgehead atoms. The molecular weight excluding hydrogens is 246 g/mol. The highest BCUT2D eigenvalue weighted by molar-refractivity contribution is 4.99. The maximum absolute atomic E-state index is 6.05. The van der Waals surface area contributed by atoms with E-state index < -0.39 is 0 Å². The Morgan fingerprint density at radius 2 is 2.26 bits per heavy atom. The SMILES string of the molecule is NNC(c1ncn[nH]1)C1CCOC2(CCOCC2)C1. The molecule has 106 valence electrons. The van der Waals surface area contributed by atoms with Gasteiger partial charge in [-0.25, -0.2) is 10.4 Å². The molecule has 1 aromatic heterocycles. The van der Waals surface area contributed by atoms with Crippen molar-refractivity contribution in [3.05, 3.63) is 12.2 Å². The number of H-pyrrole nitrogens is 1. The minimum Gasteiger partial charge on any atom is -0.381 e. The van der Waals surface area contributed by atoms with Crippen LogP contribution in [0.5, 0.6) is 0 Å². The predicted molar refractivity (Wildman–Crippen MR) is 67.9 cm³/mol. The molecule has 3 heterocycles. The first-order chi connectivity index (χ1) is 9.33. The Kier molecular flexibility index (Phi) is 3.79. The van der Waals surface area contributed by atoms with E-state index in [1.807, 2.05) is 0 Å². The number of hydrazine groups is 1. The fraction of sp³-hybridized carbons (Fsp3) is 0.833. The summed E-state index contributed by atoms with van der Waals surface area (Å²) in [6.45, 7) is 2.35. The van der Waals surface area contributed by atoms with Crippen LogP contribution < -0.4 is 11.3 Å². The average Bonchev–Trinajstić information content (AvgIpc) is 2.95. The maximum atomic E-state index is 6.05. The zero-order valence-electron chi connectivity index (χ0n) is 11.0. The lowest BCUT2D eigenvalue weighted by molar-refractivity contribution is -0.150. The summed E-state index contributed by atoms with van der Waals surface area (Å²) in [5, 5.41) is 6.81. The molecular formula is C12H21N5O2. The number of nitrogens with zero attached hydrogens (tertiary/aromatic N) is 2. The summed E-state index contributed by atoms with van der Waals surface area (Å²) in [6.07, 6.45) is 5.43. The molecule has 2 saturated heterocycles. The monoisotopic (exact) mass is 267 g/mol. The van der Waals surface area contributed by atoms with E-state index in [2.05, 4.69) is 20.6 Å². The van der Waals surface area contributed by atoms with Crippen LogP contribution in [0.3, 0.4) is 0 Å². The second-order valence-electron chi connectivity index (χ2n) is 5.41. The van der Waals surface area contributed by atoms with Crippen molar-refractivity contribution in [3.8, 4) is 0 Å². The van der Waals surface area contributed by atoms with Crippen molar-refractivity contribution in [2.45, 2.75) is 37.3 Å². The van der Waals surface area contributed by atoms with E-state index in [9.17, 15) is 0 Å². The van der Waals surface area contributed by atoms with Crippen LogP contribution in [0.25, 0.3) is 0 Å². The molecule has 2 fully saturated rings. The van der Waals surface area contributed by atoms with E-state index >= 15 is 0 Å². The van der Waals surface area contributed by atoms with E-state index in [-0.39, 0.29) is 11.6 Å². The fourth-order valence-corrected chi connectivity index (χ4v) is 3.25. The van der Waals surface area contributed by atoms with Gasteiger partial charge in [0, 0.05) is 19.8 Å². The molecule has 0 saturated carbocycles. The first kappa shape index (κ1) is 13.0. The molecule has 2 aliphatic heterocycles. The molecule has 4 N–H and O–H groups in total. The second-order valence-corrected chi connectivity index (χ2v) is 5.41. The minimum atomic E-state index is -0.0315. The number of aromatic amines is 1. The number of hydrogen-bond acceptors (Lipinski definition) is 6. The van der Waals surface area contributed by atoms with E-state index in [1.54, 1.807) is 0 Å². The number of aromatic nitrogens is 3. The van der Waals surface area contributed by atoms with Gasteiger partial charge in [-0.3, -0.25) is 10.9 Å². The molecule has 2 unspecified atom stereocenters. The summed E-state index contributed by atoms with van der Waals surface area (Å²) >= 11 is 0. The number of ether oxygens (including phenoxy) is 2. The summed E-state index contributed by atoms with van der Waals surface area (Å²) in [6, 6.07) is 0.00567. The van der Waals surface area contributed by atoms with E-state index in [1.165, 1.54) is 6.33 Å². The van der Waals surface area contributed by atoms with Crippen LogP contribution in [0.15, 0.2) is 6.33 Å². The minimum absolute atomic E-state index is 0.00567. The highest BCUT2D eigenvalue weighted by atomic mass is 16.5. The quantitative estimate of drug-likeness (QED) is 0.537. The van der Waals surface area contributed by atoms with Crippen LogP contribution in [-0.4, -0.2) is 40.6 Å². The smallest absolute Gasteiger partial charge is 0.143 e. The van der Waals surface area contributed by atoms with Gasteiger partial charge in [0.1, 0.15) is 12.2 Å². The molecule has 2 atom stereocenters. The van der Waals surface area contributed by atoms with Crippen molar-refractivity contribution >= 4 is 0 Å². The topological polar surface area (TPSA) is 98.1 Å². The van der Waals surface area contributed by atoms with Gasteiger partial charge in [0.2, 0.25) is 0 Å². The molecule has 0 aromatic carbocycles. The fourth-order valence-electron chi connectivity index (χ4n) is 3.25. The Balaban J connectivity index is 1.73. The van der Waals surface area contributed by atoms with Gasteiger partial charge in [-0.15, -0.1) is 0 Å². The lowest BCUT2D eigenvalue weighted by atomic mass is 9.77. The standard InChI is InChI=1S/C12H21N5O2/c13-16-10(11-14-8-15-17-11)9-1-4-19-12(7-9)2-5-18-6-3-12/h8-10,16H,1-7,13H2,(H,14,15,17). The molecule has 0 aliphatic carbocycles. The normalized spacial score (nSPS) is 28.4. The van der Waals surface area contributed by atoms with Gasteiger partial charge in [0.05, 0.1) is 11.6 Å². The third-order valence-electron chi connectivity index (χ3n) is 4.31. The molecule has 0 amide bonds. The van der Waals surface area contributed by atoms with E-state index in [0.29, 0.717) is 5.92 Å². The zero-order valence-corrected chi connectivity index (χ0v) is 11.0. The van der Waals surface area contributed by atoms with Gasteiger partial charge in [-0.1, -0.05) is 0 Å². The molecule has 19 heavy (non-hydrogen) atoms. The lowest BCUT2D eigenvalue weighted by Gasteiger charge is -2.44. The molecule has 2 aliphatic rings. The first-order valence-corrected chi connectivity index (χ1v) is 6.86. The number of nitrogens with one attached hydrogen (secondary N) is 2. The van der Waals surface area contributed by atoms with Gasteiger partial charge in [-0.05, 0) is 31.6 Å². The van der Waals surface area contributed by atoms with Gasteiger partial charge < -0.3 is 9.47 Å². The van der Waals surface area contributed by atoms with Gasteiger partial charge >= 0.3 is 0 Å². The summed E-state index contributed by atoms with van der Waals surface area (Å²) in [4.78, 5) is 4.22. The van der Waals surface area contributed by atoms with Gasteiger partial charge in [0.25, 0.3) is 0 Å². The third-order valence-corrected chi connectivity index (χ3v) is 4.31. The Morgan fingerprint density at radius 3 is 2.95 bits per heavy atom. The van der Waals surface area contributed by atoms with Crippen molar-refractivity contribution < 1.29 is 9.47 Å². The van der Waals surface area contributed by atoms with Crippen molar-refractivity contribution in [2.75, 3.05) is 19.8 Å². The number of nitrogens with two attached hydrogens (primary N) is 1. The third kappa shape index (κ3) is 2.64. The molecule has 3 rings (SSSR count). The largest absolute Gasteiger partial charge is 0.381 e. The van der Waals surface area contributed by atoms with Gasteiger partial charge in [0.15, 0.2) is 0 Å². The molecule has 1 spiro atoms. The zero-order chi connectivity index (χ0) is 13.1. The number of hydrogen-bond donors (Lipinski definition) is 3. The molecule has 7 heteroatoms. The van der Waals surface area contributed by atoms with Crippen LogP contribution in [-0.2, 0) is 9.47 Å². The number of rotatable bonds is 3. The summed E-state index contributed by atoms with van der Waals surface area (Å²) in [5.74, 6) is 6.92. The molecule has 1 aromatic rings. The van der Waals surface area contributed by atoms with Crippen LogP contribution >= 0.6 is 0 Å². The molecule has 0 radical (unpaired) electrons. The van der Waals surface area contributed by atoms with Crippen LogP contribution in [0, 0.1) is 5.92 Å². The average molecular weight is 267 g/mol. The van der Waals surface area contributed by atoms with Crippen molar-refractivity contribution in [2.24, 2.45) is 11.8 Å². The van der Waals surface area contributed by atoms with Crippen molar-refractivity contribution in [1.29, 1.82) is 0 Å². The van der Waals surface area contributed by atoms with Crippen molar-refractivity contribution in [1.82, 2.24) is 20.6 Å². The Morgan fingerprint density at radius 1 is 1.42 bits per heavy atom. The van der Waals surface area contributed by atoms with E-state index in [0.717, 1.165) is 51.3 Å². The Labute approximate surface area is 112 Å².